The molecule has 6 nitrogen and oxygen atoms in total. The second-order valence-corrected chi connectivity index (χ2v) is 10.9. The van der Waals surface area contributed by atoms with E-state index in [4.69, 9.17) is 16.3 Å². The number of hydrogen-bond donors (Lipinski definition) is 1. The normalized spacial score (nSPS) is 12.1. The largest absolute Gasteiger partial charge is 0.484 e. The molecular formula is C25H27ClN2O4S2. The first kappa shape index (κ1) is 25.9. The Bertz CT molecular complexity index is 1220. The van der Waals surface area contributed by atoms with Gasteiger partial charge in [0.25, 0.3) is 5.91 Å². The highest BCUT2D eigenvalue weighted by Gasteiger charge is 2.19. The van der Waals surface area contributed by atoms with Crippen molar-refractivity contribution < 1.29 is 17.9 Å². The van der Waals surface area contributed by atoms with Gasteiger partial charge >= 0.3 is 0 Å². The number of thioether (sulfide) groups is 1. The van der Waals surface area contributed by atoms with E-state index >= 15 is 0 Å². The number of carbonyl (C=O) groups excluding carboxylic acids is 1. The minimum Gasteiger partial charge on any atom is -0.484 e. The molecule has 180 valence electrons. The Labute approximate surface area is 210 Å². The molecule has 0 heterocycles. The summed E-state index contributed by atoms with van der Waals surface area (Å²) in [5.74, 6) is 0.212. The van der Waals surface area contributed by atoms with Crippen LogP contribution in [0.15, 0.2) is 77.7 Å². The first-order chi connectivity index (χ1) is 16.2. The molecule has 0 bridgehead atoms. The number of rotatable bonds is 10. The molecule has 1 atom stereocenters. The van der Waals surface area contributed by atoms with Crippen LogP contribution >= 0.6 is 23.4 Å². The third kappa shape index (κ3) is 7.16. The molecule has 0 aliphatic carbocycles. The predicted molar refractivity (Wildman–Crippen MR) is 139 cm³/mol. The quantitative estimate of drug-likeness (QED) is 0.369. The van der Waals surface area contributed by atoms with E-state index in [1.807, 2.05) is 43.5 Å². The molecule has 34 heavy (non-hydrogen) atoms. The highest BCUT2D eigenvalue weighted by atomic mass is 35.5. The molecule has 3 aromatic rings. The Morgan fingerprint density at radius 3 is 2.29 bits per heavy atom. The minimum absolute atomic E-state index is 0.108. The van der Waals surface area contributed by atoms with Gasteiger partial charge in [0, 0.05) is 9.92 Å². The summed E-state index contributed by atoms with van der Waals surface area (Å²) in [6, 6.07) is 21.5. The maximum absolute atomic E-state index is 12.4. The summed E-state index contributed by atoms with van der Waals surface area (Å²) in [6.45, 7) is 1.87. The van der Waals surface area contributed by atoms with E-state index in [0.29, 0.717) is 22.0 Å². The number of anilines is 1. The lowest BCUT2D eigenvalue weighted by atomic mass is 10.1. The molecule has 0 aromatic heterocycles. The van der Waals surface area contributed by atoms with Crippen LogP contribution in [0.5, 0.6) is 5.75 Å². The molecule has 0 saturated carbocycles. The third-order valence-corrected chi connectivity index (χ3v) is 7.41. The van der Waals surface area contributed by atoms with Crippen LogP contribution in [0.2, 0.25) is 5.02 Å². The molecule has 0 radical (unpaired) electrons. The standard InChI is InChI=1S/C25H27ClN2O4S2/c1-18(19-8-14-23(33-2)15-9-19)27-25(29)17-32-22-12-10-21(11-13-22)28(34(3,30)31)16-20-6-4-5-7-24(20)26/h4-15,18H,16-17H2,1-3H3,(H,27,29). The van der Waals surface area contributed by atoms with E-state index in [-0.39, 0.29) is 25.1 Å². The van der Waals surface area contributed by atoms with Crippen molar-refractivity contribution in [2.75, 3.05) is 23.4 Å². The molecule has 0 spiro atoms. The van der Waals surface area contributed by atoms with E-state index in [2.05, 4.69) is 5.32 Å². The van der Waals surface area contributed by atoms with E-state index in [1.54, 1.807) is 54.2 Å². The molecule has 0 aliphatic rings. The number of ether oxygens (including phenoxy) is 1. The summed E-state index contributed by atoms with van der Waals surface area (Å²) in [5.41, 5.74) is 2.18. The highest BCUT2D eigenvalue weighted by Crippen LogP contribution is 2.26. The average molecular weight is 519 g/mol. The third-order valence-electron chi connectivity index (χ3n) is 5.16. The number of benzene rings is 3. The molecule has 0 fully saturated rings. The van der Waals surface area contributed by atoms with Crippen LogP contribution in [-0.4, -0.2) is 33.4 Å². The number of amides is 1. The van der Waals surface area contributed by atoms with Gasteiger partial charge in [0.1, 0.15) is 5.75 Å². The summed E-state index contributed by atoms with van der Waals surface area (Å²) < 4.78 is 31.7. The van der Waals surface area contributed by atoms with Gasteiger partial charge in [-0.1, -0.05) is 41.9 Å². The van der Waals surface area contributed by atoms with Gasteiger partial charge in [-0.15, -0.1) is 11.8 Å². The lowest BCUT2D eigenvalue weighted by Crippen LogP contribution is -2.31. The fourth-order valence-corrected chi connectivity index (χ4v) is 4.78. The van der Waals surface area contributed by atoms with E-state index in [1.165, 1.54) is 4.31 Å². The van der Waals surface area contributed by atoms with E-state index < -0.39 is 10.0 Å². The van der Waals surface area contributed by atoms with Crippen molar-refractivity contribution in [3.63, 3.8) is 0 Å². The van der Waals surface area contributed by atoms with Gasteiger partial charge in [-0.05, 0) is 66.8 Å². The second-order valence-electron chi connectivity index (χ2n) is 7.71. The average Bonchev–Trinajstić information content (AvgIpc) is 2.82. The molecule has 0 aliphatic heterocycles. The van der Waals surface area contributed by atoms with Crippen molar-refractivity contribution in [3.05, 3.63) is 88.9 Å². The number of halogens is 1. The molecule has 1 unspecified atom stereocenters. The molecule has 1 amide bonds. The zero-order valence-electron chi connectivity index (χ0n) is 19.2. The molecule has 3 aromatic carbocycles. The smallest absolute Gasteiger partial charge is 0.258 e. The summed E-state index contributed by atoms with van der Waals surface area (Å²) in [4.78, 5) is 13.5. The van der Waals surface area contributed by atoms with Gasteiger partial charge in [-0.25, -0.2) is 8.42 Å². The van der Waals surface area contributed by atoms with Crippen LogP contribution < -0.4 is 14.4 Å². The number of sulfonamides is 1. The van der Waals surface area contributed by atoms with Crippen LogP contribution in [0.25, 0.3) is 0 Å². The Morgan fingerprint density at radius 2 is 1.71 bits per heavy atom. The van der Waals surface area contributed by atoms with Crippen molar-refractivity contribution in [3.8, 4) is 5.75 Å². The van der Waals surface area contributed by atoms with E-state index in [0.717, 1.165) is 16.7 Å². The van der Waals surface area contributed by atoms with Gasteiger partial charge in [0.15, 0.2) is 6.61 Å². The highest BCUT2D eigenvalue weighted by molar-refractivity contribution is 7.98. The van der Waals surface area contributed by atoms with Crippen molar-refractivity contribution in [2.24, 2.45) is 0 Å². The zero-order chi connectivity index (χ0) is 24.7. The van der Waals surface area contributed by atoms with Gasteiger partial charge < -0.3 is 10.1 Å². The van der Waals surface area contributed by atoms with Gasteiger partial charge in [0.05, 0.1) is 24.5 Å². The number of carbonyl (C=O) groups is 1. The first-order valence-electron chi connectivity index (χ1n) is 10.5. The Balaban J connectivity index is 1.60. The summed E-state index contributed by atoms with van der Waals surface area (Å²) in [5, 5.41) is 3.41. The van der Waals surface area contributed by atoms with Gasteiger partial charge in [-0.3, -0.25) is 9.10 Å². The Hall–Kier alpha value is -2.68. The molecular weight excluding hydrogens is 492 g/mol. The van der Waals surface area contributed by atoms with Crippen LogP contribution in [0, 0.1) is 0 Å². The summed E-state index contributed by atoms with van der Waals surface area (Å²) in [7, 11) is -3.55. The van der Waals surface area contributed by atoms with Crippen LogP contribution in [0.1, 0.15) is 24.1 Å². The van der Waals surface area contributed by atoms with Crippen molar-refractivity contribution in [1.82, 2.24) is 5.32 Å². The molecule has 1 N–H and O–H groups in total. The fraction of sp³-hybridized carbons (Fsp3) is 0.240. The van der Waals surface area contributed by atoms with Crippen LogP contribution in [0.3, 0.4) is 0 Å². The summed E-state index contributed by atoms with van der Waals surface area (Å²) >= 11 is 7.87. The molecule has 3 rings (SSSR count). The van der Waals surface area contributed by atoms with Crippen molar-refractivity contribution in [2.45, 2.75) is 24.4 Å². The SMILES string of the molecule is CSc1ccc(C(C)NC(=O)COc2ccc(N(Cc3ccccc3Cl)S(C)(=O)=O)cc2)cc1. The topological polar surface area (TPSA) is 75.7 Å². The van der Waals surface area contributed by atoms with Gasteiger partial charge in [-0.2, -0.15) is 0 Å². The van der Waals surface area contributed by atoms with Crippen LogP contribution in [-0.2, 0) is 21.4 Å². The first-order valence-corrected chi connectivity index (χ1v) is 14.0. The minimum atomic E-state index is -3.55. The maximum Gasteiger partial charge on any atom is 0.258 e. The Morgan fingerprint density at radius 1 is 1.06 bits per heavy atom. The van der Waals surface area contributed by atoms with Crippen molar-refractivity contribution in [1.29, 1.82) is 0 Å². The monoisotopic (exact) mass is 518 g/mol. The number of nitrogens with zero attached hydrogens (tertiary/aromatic N) is 1. The number of nitrogens with one attached hydrogen (secondary N) is 1. The van der Waals surface area contributed by atoms with Gasteiger partial charge in [0.2, 0.25) is 10.0 Å². The second kappa shape index (κ2) is 11.6. The molecule has 0 saturated heterocycles. The molecule has 9 heteroatoms. The van der Waals surface area contributed by atoms with Crippen molar-refractivity contribution >= 4 is 45.0 Å². The lowest BCUT2D eigenvalue weighted by molar-refractivity contribution is -0.123. The fourth-order valence-electron chi connectivity index (χ4n) is 3.30. The van der Waals surface area contributed by atoms with Crippen LogP contribution in [0.4, 0.5) is 5.69 Å². The predicted octanol–water partition coefficient (Wildman–Crippen LogP) is 5.28. The number of hydrogen-bond acceptors (Lipinski definition) is 5. The summed E-state index contributed by atoms with van der Waals surface area (Å²) in [6.07, 6.45) is 3.16. The van der Waals surface area contributed by atoms with E-state index in [9.17, 15) is 13.2 Å². The zero-order valence-corrected chi connectivity index (χ0v) is 21.6. The lowest BCUT2D eigenvalue weighted by Gasteiger charge is -2.23. The maximum atomic E-state index is 12.4. The Kier molecular flexibility index (Phi) is 8.88.